The molecule has 0 fully saturated rings. The maximum absolute atomic E-state index is 4.57. The van der Waals surface area contributed by atoms with E-state index in [2.05, 4.69) is 44.3 Å². The first-order valence-corrected chi connectivity index (χ1v) is 6.12. The molecule has 0 saturated heterocycles. The zero-order valence-electron chi connectivity index (χ0n) is 8.23. The predicted molar refractivity (Wildman–Crippen MR) is 51.6 cm³/mol. The van der Waals surface area contributed by atoms with Crippen molar-refractivity contribution in [2.75, 3.05) is 0 Å². The van der Waals surface area contributed by atoms with E-state index >= 15 is 0 Å². The molecule has 1 rings (SSSR count). The van der Waals surface area contributed by atoms with Crippen LogP contribution in [-0.4, -0.2) is 0 Å². The monoisotopic (exact) mass is 272 g/mol. The van der Waals surface area contributed by atoms with Gasteiger partial charge in [0.1, 0.15) is 0 Å². The van der Waals surface area contributed by atoms with E-state index in [0.717, 1.165) is 0 Å². The summed E-state index contributed by atoms with van der Waals surface area (Å²) in [6.45, 7) is 11.0. The second kappa shape index (κ2) is 5.09. The summed E-state index contributed by atoms with van der Waals surface area (Å²) in [4.78, 5) is 0. The first-order valence-electron chi connectivity index (χ1n) is 3.88. The van der Waals surface area contributed by atoms with E-state index in [1.807, 2.05) is 17.3 Å². The normalized spacial score (nSPS) is 9.17. The van der Waals surface area contributed by atoms with E-state index in [-0.39, 0.29) is 0 Å². The van der Waals surface area contributed by atoms with Gasteiger partial charge in [0.15, 0.2) is 0 Å². The van der Waals surface area contributed by atoms with Crippen LogP contribution >= 0.6 is 9.69 Å². The molecule has 0 aliphatic carbocycles. The van der Waals surface area contributed by atoms with Crippen molar-refractivity contribution in [3.05, 3.63) is 27.8 Å². The van der Waals surface area contributed by atoms with Crippen LogP contribution in [0.25, 0.3) is 0 Å². The van der Waals surface area contributed by atoms with Gasteiger partial charge in [-0.1, -0.05) is 34.6 Å². The Kier molecular flexibility index (Phi) is 5.20. The fraction of sp³-hybridized carbons (Fsp3) is 0.500. The Balaban J connectivity index is 0.000000561. The summed E-state index contributed by atoms with van der Waals surface area (Å²) < 4.78 is 0. The van der Waals surface area contributed by atoms with Crippen LogP contribution in [0.15, 0.2) is 0 Å². The first-order chi connectivity index (χ1) is 5.55. The van der Waals surface area contributed by atoms with Crippen molar-refractivity contribution in [2.24, 2.45) is 0 Å². The van der Waals surface area contributed by atoms with E-state index in [0.29, 0.717) is 0 Å². The van der Waals surface area contributed by atoms with Crippen LogP contribution < -0.4 is 0 Å². The summed E-state index contributed by atoms with van der Waals surface area (Å²) in [5, 5.41) is 0. The van der Waals surface area contributed by atoms with Crippen LogP contribution in [0.4, 0.5) is 0 Å². The molecule has 0 heterocycles. The Hall–Kier alpha value is 0.263. The Labute approximate surface area is 89.4 Å². The Morgan fingerprint density at radius 2 is 1.17 bits per heavy atom. The average molecular weight is 272 g/mol. The van der Waals surface area contributed by atoms with Crippen molar-refractivity contribution in [1.29, 1.82) is 0 Å². The summed E-state index contributed by atoms with van der Waals surface area (Å²) in [5.41, 5.74) is 7.34. The Morgan fingerprint density at radius 3 is 1.25 bits per heavy atom. The number of halogens is 1. The molecule has 0 spiro atoms. The van der Waals surface area contributed by atoms with E-state index in [1.54, 1.807) is 0 Å². The van der Waals surface area contributed by atoms with Crippen molar-refractivity contribution in [3.8, 4) is 0 Å². The third-order valence-corrected chi connectivity index (χ3v) is 2.81. The molecule has 2 heteroatoms. The van der Waals surface area contributed by atoms with Gasteiger partial charge in [0, 0.05) is 0 Å². The Morgan fingerprint density at radius 1 is 0.917 bits per heavy atom. The molecule has 68 valence electrons. The van der Waals surface area contributed by atoms with Gasteiger partial charge in [-0.25, -0.2) is 0 Å². The molecule has 0 aliphatic rings. The summed E-state index contributed by atoms with van der Waals surface area (Å²) in [7, 11) is 4.57. The maximum atomic E-state index is 4.57. The van der Waals surface area contributed by atoms with Crippen molar-refractivity contribution in [1.82, 2.24) is 0 Å². The van der Waals surface area contributed by atoms with Gasteiger partial charge in [-0.15, -0.1) is 0 Å². The average Bonchev–Trinajstić information content (AvgIpc) is 2.27. The molecule has 12 heavy (non-hydrogen) atoms. The summed E-state index contributed by atoms with van der Waals surface area (Å²) in [6, 6.07) is 0. The van der Waals surface area contributed by atoms with E-state index in [4.69, 9.17) is 0 Å². The van der Waals surface area contributed by atoms with E-state index < -0.39 is 0 Å². The van der Waals surface area contributed by atoms with Crippen LogP contribution in [0.5, 0.6) is 0 Å². The topological polar surface area (TPSA) is 0 Å². The molecule has 0 unspecified atom stereocenters. The van der Waals surface area contributed by atoms with Crippen LogP contribution in [0.3, 0.4) is 0 Å². The molecule has 1 aromatic rings. The van der Waals surface area contributed by atoms with Crippen LogP contribution in [0, 0.1) is 34.6 Å². The Bertz CT molecular complexity index is 181. The van der Waals surface area contributed by atoms with Crippen LogP contribution in [0.2, 0.25) is 0 Å². The predicted octanol–water partition coefficient (Wildman–Crippen LogP) is 3.63. The molecule has 0 N–H and O–H groups in total. The molecule has 0 amide bonds. The zero-order valence-corrected chi connectivity index (χ0v) is 10.7. The second-order valence-electron chi connectivity index (χ2n) is 3.12. The summed E-state index contributed by atoms with van der Waals surface area (Å²) >= 11 is 1.82. The minimum atomic E-state index is 1.47. The van der Waals surface area contributed by atoms with Gasteiger partial charge < -0.3 is 0 Å². The molecular formula is C10H15ClRu+2. The van der Waals surface area contributed by atoms with Gasteiger partial charge in [-0.3, -0.25) is 0 Å². The molecule has 0 saturated carbocycles. The van der Waals surface area contributed by atoms with Crippen molar-refractivity contribution in [2.45, 2.75) is 34.6 Å². The van der Waals surface area contributed by atoms with Gasteiger partial charge in [-0.05, 0) is 0 Å². The van der Waals surface area contributed by atoms with E-state index in [9.17, 15) is 0 Å². The zero-order chi connectivity index (χ0) is 9.89. The third-order valence-electron chi connectivity index (χ3n) is 2.81. The number of rotatable bonds is 0. The molecule has 0 nitrogen and oxygen atoms in total. The van der Waals surface area contributed by atoms with E-state index in [1.165, 1.54) is 27.8 Å². The van der Waals surface area contributed by atoms with Gasteiger partial charge in [0.05, 0.1) is 0 Å². The number of hydrogen-bond donors (Lipinski definition) is 0. The fourth-order valence-corrected chi connectivity index (χ4v) is 1.41. The molecule has 0 aliphatic heterocycles. The molecule has 0 atom stereocenters. The molecule has 1 aromatic carbocycles. The molecule has 0 aromatic heterocycles. The number of hydrogen-bond acceptors (Lipinski definition) is 0. The molecule has 0 radical (unpaired) electrons. The first kappa shape index (κ1) is 12.3. The van der Waals surface area contributed by atoms with Crippen LogP contribution in [-0.2, 0) is 17.3 Å². The van der Waals surface area contributed by atoms with Gasteiger partial charge in [-0.2, -0.15) is 27.8 Å². The van der Waals surface area contributed by atoms with Crippen LogP contribution in [0.1, 0.15) is 27.8 Å². The third kappa shape index (κ3) is 2.14. The van der Waals surface area contributed by atoms with Crippen molar-refractivity contribution < 1.29 is 17.3 Å². The molecular weight excluding hydrogens is 257 g/mol. The van der Waals surface area contributed by atoms with Crippen molar-refractivity contribution in [3.63, 3.8) is 0 Å². The second-order valence-corrected chi connectivity index (χ2v) is 3.12. The van der Waals surface area contributed by atoms with Gasteiger partial charge >= 0.3 is 27.0 Å². The minimum absolute atomic E-state index is 1.47. The SMILES string of the molecule is Cc1c(C)c(C)[c-](C)c1C.[Cl][Ru+3]. The fourth-order valence-electron chi connectivity index (χ4n) is 1.41. The summed E-state index contributed by atoms with van der Waals surface area (Å²) in [6.07, 6.45) is 0. The van der Waals surface area contributed by atoms with Crippen molar-refractivity contribution >= 4 is 9.69 Å². The van der Waals surface area contributed by atoms with Gasteiger partial charge in [0.25, 0.3) is 0 Å². The quantitative estimate of drug-likeness (QED) is 0.499. The van der Waals surface area contributed by atoms with Gasteiger partial charge in [0.2, 0.25) is 0 Å². The molecule has 0 bridgehead atoms. The standard InChI is InChI=1S/C10H15.ClH.Ru/c1-6-7(2)9(4)10(5)8(6)3;;/h1-5H3;1H;/q-1;;+4/p-1. The summed E-state index contributed by atoms with van der Waals surface area (Å²) in [5.74, 6) is 0.